The van der Waals surface area contributed by atoms with Gasteiger partial charge in [-0.3, -0.25) is 4.79 Å². The molecule has 0 fully saturated rings. The summed E-state index contributed by atoms with van der Waals surface area (Å²) in [5.74, 6) is 0.624. The Morgan fingerprint density at radius 1 is 1.19 bits per heavy atom. The van der Waals surface area contributed by atoms with E-state index < -0.39 is 0 Å². The maximum Gasteiger partial charge on any atom is 0.277 e. The number of nitrogens with zero attached hydrogens (tertiary/aromatic N) is 4. The minimum Gasteiger partial charge on any atom is -0.341 e. The van der Waals surface area contributed by atoms with Gasteiger partial charge in [0.05, 0.1) is 0 Å². The Labute approximate surface area is 156 Å². The standard InChI is InChI=1S/C21H28N4O/c1-5-11-24(12-6-2)21-22-15(3)13-18(23-21)20(26)25-16(4)14-17-9-7-8-10-19(17)25/h7-10,13,16H,5-6,11-12,14H2,1-4H3. The van der Waals surface area contributed by atoms with Crippen molar-refractivity contribution in [3.8, 4) is 0 Å². The Morgan fingerprint density at radius 2 is 1.88 bits per heavy atom. The maximum absolute atomic E-state index is 13.3. The number of benzene rings is 1. The van der Waals surface area contributed by atoms with Gasteiger partial charge in [-0.05, 0) is 50.8 Å². The minimum absolute atomic E-state index is 0.0397. The van der Waals surface area contributed by atoms with Crippen LogP contribution in [0.15, 0.2) is 30.3 Å². The molecule has 2 aromatic rings. The predicted molar refractivity (Wildman–Crippen MR) is 106 cm³/mol. The van der Waals surface area contributed by atoms with E-state index in [-0.39, 0.29) is 11.9 Å². The quantitative estimate of drug-likeness (QED) is 0.788. The molecule has 1 aliphatic rings. The number of amides is 1. The highest BCUT2D eigenvalue weighted by molar-refractivity contribution is 6.06. The summed E-state index contributed by atoms with van der Waals surface area (Å²) >= 11 is 0. The zero-order valence-corrected chi connectivity index (χ0v) is 16.2. The number of fused-ring (bicyclic) bond motifs is 1. The van der Waals surface area contributed by atoms with Crippen molar-refractivity contribution in [3.05, 3.63) is 47.3 Å². The fraction of sp³-hybridized carbons (Fsp3) is 0.476. The van der Waals surface area contributed by atoms with Gasteiger partial charge in [0.2, 0.25) is 5.95 Å². The third-order valence-corrected chi connectivity index (χ3v) is 4.76. The first kappa shape index (κ1) is 18.4. The zero-order valence-electron chi connectivity index (χ0n) is 16.2. The van der Waals surface area contributed by atoms with Crippen LogP contribution in [0.3, 0.4) is 0 Å². The third-order valence-electron chi connectivity index (χ3n) is 4.76. The van der Waals surface area contributed by atoms with Crippen LogP contribution in [0.5, 0.6) is 0 Å². The van der Waals surface area contributed by atoms with Gasteiger partial charge < -0.3 is 9.80 Å². The molecule has 3 rings (SSSR count). The second-order valence-electron chi connectivity index (χ2n) is 7.04. The number of carbonyl (C=O) groups excluding carboxylic acids is 1. The van der Waals surface area contributed by atoms with Gasteiger partial charge in [0.15, 0.2) is 0 Å². The Morgan fingerprint density at radius 3 is 2.58 bits per heavy atom. The predicted octanol–water partition coefficient (Wildman–Crippen LogP) is 4.00. The molecule has 0 N–H and O–H groups in total. The van der Waals surface area contributed by atoms with Crippen LogP contribution in [0.1, 0.15) is 55.4 Å². The summed E-state index contributed by atoms with van der Waals surface area (Å²) in [7, 11) is 0. The van der Waals surface area contributed by atoms with Gasteiger partial charge >= 0.3 is 0 Å². The summed E-state index contributed by atoms with van der Waals surface area (Å²) in [5.41, 5.74) is 3.53. The van der Waals surface area contributed by atoms with E-state index >= 15 is 0 Å². The molecule has 138 valence electrons. The maximum atomic E-state index is 13.3. The lowest BCUT2D eigenvalue weighted by molar-refractivity contribution is 0.0976. The van der Waals surface area contributed by atoms with Crippen LogP contribution in [0.4, 0.5) is 11.6 Å². The van der Waals surface area contributed by atoms with Crippen molar-refractivity contribution in [1.29, 1.82) is 0 Å². The fourth-order valence-electron chi connectivity index (χ4n) is 3.65. The summed E-state index contributed by atoms with van der Waals surface area (Å²) < 4.78 is 0. The Bertz CT molecular complexity index is 783. The summed E-state index contributed by atoms with van der Waals surface area (Å²) in [6.07, 6.45) is 2.94. The largest absolute Gasteiger partial charge is 0.341 e. The molecule has 5 nitrogen and oxygen atoms in total. The van der Waals surface area contributed by atoms with Gasteiger partial charge in [0.1, 0.15) is 5.69 Å². The monoisotopic (exact) mass is 352 g/mol. The molecule has 0 aliphatic carbocycles. The van der Waals surface area contributed by atoms with Crippen molar-refractivity contribution >= 4 is 17.5 Å². The summed E-state index contributed by atoms with van der Waals surface area (Å²) in [6, 6.07) is 10.1. The number of rotatable bonds is 6. The van der Waals surface area contributed by atoms with Crippen LogP contribution in [-0.4, -0.2) is 35.0 Å². The van der Waals surface area contributed by atoms with Crippen LogP contribution < -0.4 is 9.80 Å². The Kier molecular flexibility index (Phi) is 5.55. The molecule has 1 atom stereocenters. The lowest BCUT2D eigenvalue weighted by Crippen LogP contribution is -2.37. The van der Waals surface area contributed by atoms with Crippen molar-refractivity contribution in [1.82, 2.24) is 9.97 Å². The molecule has 0 bridgehead atoms. The van der Waals surface area contributed by atoms with Crippen molar-refractivity contribution in [2.45, 2.75) is 53.0 Å². The van der Waals surface area contributed by atoms with Gasteiger partial charge in [-0.1, -0.05) is 32.0 Å². The van der Waals surface area contributed by atoms with E-state index in [0.717, 1.165) is 43.7 Å². The molecule has 0 saturated carbocycles. The van der Waals surface area contributed by atoms with Crippen LogP contribution in [0.2, 0.25) is 0 Å². The van der Waals surface area contributed by atoms with Crippen molar-refractivity contribution in [3.63, 3.8) is 0 Å². The van der Waals surface area contributed by atoms with E-state index in [1.165, 1.54) is 5.56 Å². The van der Waals surface area contributed by atoms with Crippen LogP contribution in [-0.2, 0) is 6.42 Å². The second-order valence-corrected chi connectivity index (χ2v) is 7.04. The Hall–Kier alpha value is -2.43. The molecule has 5 heteroatoms. The van der Waals surface area contributed by atoms with Crippen LogP contribution in [0.25, 0.3) is 0 Å². The van der Waals surface area contributed by atoms with Crippen LogP contribution >= 0.6 is 0 Å². The number of carbonyl (C=O) groups is 1. The van der Waals surface area contributed by atoms with Gasteiger partial charge in [-0.15, -0.1) is 0 Å². The molecule has 1 unspecified atom stereocenters. The number of hydrogen-bond acceptors (Lipinski definition) is 4. The molecule has 0 spiro atoms. The molecule has 2 heterocycles. The summed E-state index contributed by atoms with van der Waals surface area (Å²) in [4.78, 5) is 26.6. The molecule has 0 saturated heterocycles. The smallest absolute Gasteiger partial charge is 0.277 e. The molecule has 1 aliphatic heterocycles. The Balaban J connectivity index is 1.95. The van der Waals surface area contributed by atoms with E-state index in [9.17, 15) is 4.79 Å². The normalized spacial score (nSPS) is 15.8. The minimum atomic E-state index is -0.0397. The first-order chi connectivity index (χ1) is 12.5. The number of para-hydroxylation sites is 1. The van der Waals surface area contributed by atoms with Gasteiger partial charge in [0.25, 0.3) is 5.91 Å². The van der Waals surface area contributed by atoms with Gasteiger partial charge in [-0.25, -0.2) is 9.97 Å². The molecular formula is C21H28N4O. The highest BCUT2D eigenvalue weighted by Crippen LogP contribution is 2.33. The first-order valence-electron chi connectivity index (χ1n) is 9.57. The van der Waals surface area contributed by atoms with E-state index in [2.05, 4.69) is 41.7 Å². The zero-order chi connectivity index (χ0) is 18.7. The molecule has 1 aromatic carbocycles. The average molecular weight is 352 g/mol. The molecule has 0 radical (unpaired) electrons. The lowest BCUT2D eigenvalue weighted by atomic mass is 10.1. The third kappa shape index (κ3) is 3.57. The molecule has 1 amide bonds. The molecular weight excluding hydrogens is 324 g/mol. The van der Waals surface area contributed by atoms with Gasteiger partial charge in [-0.2, -0.15) is 0 Å². The number of hydrogen-bond donors (Lipinski definition) is 0. The molecule has 1 aromatic heterocycles. The van der Waals surface area contributed by atoms with Crippen molar-refractivity contribution in [2.75, 3.05) is 22.9 Å². The van der Waals surface area contributed by atoms with E-state index in [0.29, 0.717) is 11.6 Å². The number of anilines is 2. The SMILES string of the molecule is CCCN(CCC)c1nc(C)cc(C(=O)N2c3ccccc3CC2C)n1. The van der Waals surface area contributed by atoms with Crippen molar-refractivity contribution < 1.29 is 4.79 Å². The lowest BCUT2D eigenvalue weighted by Gasteiger charge is -2.25. The first-order valence-corrected chi connectivity index (χ1v) is 9.57. The second kappa shape index (κ2) is 7.85. The van der Waals surface area contributed by atoms with E-state index in [1.54, 1.807) is 6.07 Å². The molecule has 26 heavy (non-hydrogen) atoms. The number of aryl methyl sites for hydroxylation is 1. The summed E-state index contributed by atoms with van der Waals surface area (Å²) in [6.45, 7) is 10.1. The fourth-order valence-corrected chi connectivity index (χ4v) is 3.65. The topological polar surface area (TPSA) is 49.3 Å². The van der Waals surface area contributed by atoms with E-state index in [1.807, 2.05) is 30.0 Å². The van der Waals surface area contributed by atoms with Crippen LogP contribution in [0, 0.1) is 6.92 Å². The number of aromatic nitrogens is 2. The highest BCUT2D eigenvalue weighted by Gasteiger charge is 2.32. The van der Waals surface area contributed by atoms with Crippen molar-refractivity contribution in [2.24, 2.45) is 0 Å². The van der Waals surface area contributed by atoms with E-state index in [4.69, 9.17) is 0 Å². The van der Waals surface area contributed by atoms with Gasteiger partial charge in [0, 0.05) is 30.5 Å². The highest BCUT2D eigenvalue weighted by atomic mass is 16.2. The summed E-state index contributed by atoms with van der Waals surface area (Å²) in [5, 5.41) is 0. The average Bonchev–Trinajstić information content (AvgIpc) is 2.96.